The van der Waals surface area contributed by atoms with Crippen LogP contribution < -0.4 is 5.32 Å². The molecule has 3 aliphatic rings. The first-order valence-corrected chi connectivity index (χ1v) is 16.6. The Morgan fingerprint density at radius 3 is 2.06 bits per heavy atom. The summed E-state index contributed by atoms with van der Waals surface area (Å²) >= 11 is 0. The van der Waals surface area contributed by atoms with Crippen molar-refractivity contribution in [1.82, 2.24) is 9.88 Å². The molecular weight excluding hydrogens is 569 g/mol. The lowest BCUT2D eigenvalue weighted by atomic mass is 9.62. The fraction of sp³-hybridized carbons (Fsp3) is 0.111. The van der Waals surface area contributed by atoms with Crippen LogP contribution in [0, 0.1) is 6.92 Å². The second-order valence-electron chi connectivity index (χ2n) is 12.5. The van der Waals surface area contributed by atoms with Crippen LogP contribution in [0.3, 0.4) is 0 Å². The van der Waals surface area contributed by atoms with E-state index >= 15 is 0 Å². The number of benzene rings is 5. The maximum absolute atomic E-state index is 4.12. The minimum absolute atomic E-state index is 0.277. The van der Waals surface area contributed by atoms with E-state index in [1.54, 1.807) is 0 Å². The fourth-order valence-electron chi connectivity index (χ4n) is 8.01. The Balaban J connectivity index is 0.000000144. The van der Waals surface area contributed by atoms with Crippen LogP contribution in [0.4, 0.5) is 0 Å². The third-order valence-corrected chi connectivity index (χ3v) is 9.85. The van der Waals surface area contributed by atoms with Crippen LogP contribution in [0.1, 0.15) is 36.5 Å². The van der Waals surface area contributed by atoms with E-state index in [4.69, 9.17) is 0 Å². The van der Waals surface area contributed by atoms with Gasteiger partial charge < -0.3 is 9.88 Å². The van der Waals surface area contributed by atoms with Gasteiger partial charge in [0.2, 0.25) is 0 Å². The monoisotopic (exact) mass is 606 g/mol. The molecule has 2 nitrogen and oxygen atoms in total. The van der Waals surface area contributed by atoms with Gasteiger partial charge in [-0.2, -0.15) is 0 Å². The first-order chi connectivity index (χ1) is 23.2. The second kappa shape index (κ2) is 11.6. The van der Waals surface area contributed by atoms with Gasteiger partial charge in [0, 0.05) is 27.9 Å². The highest BCUT2D eigenvalue weighted by Gasteiger charge is 2.51. The van der Waals surface area contributed by atoms with Crippen LogP contribution in [-0.4, -0.2) is 4.57 Å². The lowest BCUT2D eigenvalue weighted by Gasteiger charge is -2.43. The number of allylic oxidation sites excluding steroid dienone is 7. The van der Waals surface area contributed by atoms with E-state index in [0.29, 0.717) is 0 Å². The molecule has 0 atom stereocenters. The van der Waals surface area contributed by atoms with Crippen molar-refractivity contribution in [2.75, 3.05) is 0 Å². The van der Waals surface area contributed by atoms with Gasteiger partial charge in [0.15, 0.2) is 0 Å². The zero-order chi connectivity index (χ0) is 32.0. The third-order valence-electron chi connectivity index (χ3n) is 9.85. The molecule has 1 aromatic heterocycles. The molecule has 0 unspecified atom stereocenters. The number of para-hydroxylation sites is 2. The minimum atomic E-state index is -0.277. The van der Waals surface area contributed by atoms with Crippen molar-refractivity contribution >= 4 is 21.8 Å². The minimum Gasteiger partial charge on any atom is -0.355 e. The van der Waals surface area contributed by atoms with Crippen LogP contribution in [0.25, 0.3) is 38.6 Å². The third kappa shape index (κ3) is 4.40. The van der Waals surface area contributed by atoms with Crippen molar-refractivity contribution in [2.45, 2.75) is 32.1 Å². The summed E-state index contributed by atoms with van der Waals surface area (Å²) < 4.78 is 2.34. The van der Waals surface area contributed by atoms with Gasteiger partial charge in [-0.15, -0.1) is 0 Å². The quantitative estimate of drug-likeness (QED) is 0.212. The molecule has 5 aromatic carbocycles. The maximum atomic E-state index is 4.12. The standard InChI is InChI=1S/C26H23N.C19H15N/c1-3-11-22-24(4-2)27-25-17-10-9-16-23(25)26(22)20-14-7-5-12-18(20)19-13-6-8-15-21(19)26;1-14-11-12-19-17(13-14)16-9-5-6-10-18(16)20(19)15-7-3-2-4-8-15/h3-8,11-17,27H,2,9-10H2,1H3;2-13H,1H3/b11-3-;. The molecule has 1 N–H and O–H groups in total. The molecule has 0 radical (unpaired) electrons. The van der Waals surface area contributed by atoms with E-state index in [9.17, 15) is 0 Å². The van der Waals surface area contributed by atoms with Gasteiger partial charge in [0.05, 0.1) is 16.4 Å². The predicted octanol–water partition coefficient (Wildman–Crippen LogP) is 11.3. The Morgan fingerprint density at radius 2 is 1.34 bits per heavy atom. The van der Waals surface area contributed by atoms with Crippen LogP contribution in [0.5, 0.6) is 0 Å². The summed E-state index contributed by atoms with van der Waals surface area (Å²) in [6.45, 7) is 8.36. The van der Waals surface area contributed by atoms with Gasteiger partial charge in [-0.1, -0.05) is 127 Å². The summed E-state index contributed by atoms with van der Waals surface area (Å²) in [6.07, 6.45) is 13.3. The largest absolute Gasteiger partial charge is 0.355 e. The molecule has 1 spiro atoms. The normalized spacial score (nSPS) is 15.8. The van der Waals surface area contributed by atoms with Gasteiger partial charge >= 0.3 is 0 Å². The highest BCUT2D eigenvalue weighted by Crippen LogP contribution is 2.60. The second-order valence-corrected chi connectivity index (χ2v) is 12.5. The van der Waals surface area contributed by atoms with Crippen LogP contribution in [-0.2, 0) is 5.41 Å². The van der Waals surface area contributed by atoms with Crippen molar-refractivity contribution in [3.63, 3.8) is 0 Å². The predicted molar refractivity (Wildman–Crippen MR) is 199 cm³/mol. The van der Waals surface area contributed by atoms with Crippen LogP contribution in [0.2, 0.25) is 0 Å². The molecule has 0 saturated carbocycles. The molecule has 0 bridgehead atoms. The number of nitrogens with zero attached hydrogens (tertiary/aromatic N) is 1. The number of aryl methyl sites for hydroxylation is 1. The zero-order valence-electron chi connectivity index (χ0n) is 27.0. The molecule has 1 aliphatic heterocycles. The number of aromatic nitrogens is 1. The summed E-state index contributed by atoms with van der Waals surface area (Å²) in [5.41, 5.74) is 15.2. The molecule has 2 heterocycles. The number of fused-ring (bicyclic) bond motifs is 10. The average Bonchev–Trinajstić information content (AvgIpc) is 3.61. The summed E-state index contributed by atoms with van der Waals surface area (Å²) in [6, 6.07) is 43.6. The Labute approximate surface area is 277 Å². The number of hydrogen-bond donors (Lipinski definition) is 1. The summed E-state index contributed by atoms with van der Waals surface area (Å²) in [5, 5.41) is 6.29. The van der Waals surface area contributed by atoms with Gasteiger partial charge in [-0.25, -0.2) is 0 Å². The number of nitrogens with one attached hydrogen (secondary N) is 1. The van der Waals surface area contributed by atoms with Crippen molar-refractivity contribution in [3.05, 3.63) is 198 Å². The molecule has 6 aromatic rings. The van der Waals surface area contributed by atoms with E-state index < -0.39 is 0 Å². The van der Waals surface area contributed by atoms with E-state index in [2.05, 4.69) is 176 Å². The van der Waals surface area contributed by atoms with Crippen molar-refractivity contribution in [1.29, 1.82) is 0 Å². The summed E-state index contributed by atoms with van der Waals surface area (Å²) in [7, 11) is 0. The molecule has 9 rings (SSSR count). The van der Waals surface area contributed by atoms with E-state index in [-0.39, 0.29) is 5.41 Å². The molecule has 47 heavy (non-hydrogen) atoms. The lowest BCUT2D eigenvalue weighted by molar-refractivity contribution is 0.671. The Hall–Kier alpha value is -5.60. The van der Waals surface area contributed by atoms with Crippen molar-refractivity contribution < 1.29 is 0 Å². The van der Waals surface area contributed by atoms with E-state index in [1.165, 1.54) is 72.2 Å². The van der Waals surface area contributed by atoms with Crippen LogP contribution >= 0.6 is 0 Å². The lowest BCUT2D eigenvalue weighted by Crippen LogP contribution is -2.40. The topological polar surface area (TPSA) is 17.0 Å². The van der Waals surface area contributed by atoms with Gasteiger partial charge in [-0.3, -0.25) is 0 Å². The molecule has 0 fully saturated rings. The highest BCUT2D eigenvalue weighted by molar-refractivity contribution is 6.09. The highest BCUT2D eigenvalue weighted by atomic mass is 15.0. The van der Waals surface area contributed by atoms with Gasteiger partial charge in [-0.05, 0) is 96.5 Å². The average molecular weight is 607 g/mol. The number of hydrogen-bond acceptors (Lipinski definition) is 1. The SMILES string of the molecule is C=CC1=C(/C=C\C)C2(C3=CCCC=C3N1)c1ccccc1-c1ccccc12.Cc1ccc2c(c1)c1ccccc1n2-c1ccccc1. The Bertz CT molecular complexity index is 2260. The van der Waals surface area contributed by atoms with Crippen molar-refractivity contribution in [3.8, 4) is 16.8 Å². The maximum Gasteiger partial charge on any atom is 0.0750 e. The van der Waals surface area contributed by atoms with Crippen LogP contribution in [0.15, 0.2) is 181 Å². The molecule has 2 aliphatic carbocycles. The first-order valence-electron chi connectivity index (χ1n) is 16.6. The van der Waals surface area contributed by atoms with E-state index in [0.717, 1.165) is 18.5 Å². The fourth-order valence-corrected chi connectivity index (χ4v) is 8.01. The van der Waals surface area contributed by atoms with Gasteiger partial charge in [0.25, 0.3) is 0 Å². The first kappa shape index (κ1) is 28.8. The zero-order valence-corrected chi connectivity index (χ0v) is 27.0. The van der Waals surface area contributed by atoms with Crippen molar-refractivity contribution in [2.24, 2.45) is 0 Å². The molecule has 2 heteroatoms. The summed E-state index contributed by atoms with van der Waals surface area (Å²) in [4.78, 5) is 0. The molecule has 228 valence electrons. The molecular formula is C45H38N2. The Kier molecular flexibility index (Phi) is 7.14. The Morgan fingerprint density at radius 1 is 0.702 bits per heavy atom. The summed E-state index contributed by atoms with van der Waals surface area (Å²) in [5.74, 6) is 0. The molecule has 0 amide bonds. The number of rotatable bonds is 3. The smallest absolute Gasteiger partial charge is 0.0750 e. The molecule has 0 saturated heterocycles. The van der Waals surface area contributed by atoms with E-state index in [1.807, 2.05) is 6.08 Å². The van der Waals surface area contributed by atoms with Gasteiger partial charge in [0.1, 0.15) is 0 Å².